The van der Waals surface area contributed by atoms with Crippen molar-refractivity contribution >= 4 is 33.5 Å². The number of H-pyrrole nitrogens is 2. The molecule has 2 aromatic heterocycles. The third-order valence-electron chi connectivity index (χ3n) is 7.94. The van der Waals surface area contributed by atoms with Crippen molar-refractivity contribution in [3.63, 3.8) is 0 Å². The van der Waals surface area contributed by atoms with Gasteiger partial charge in [-0.3, -0.25) is 9.59 Å². The number of amides is 1. The molecule has 0 bridgehead atoms. The highest BCUT2D eigenvalue weighted by atomic mass is 16.2. The van der Waals surface area contributed by atoms with Crippen molar-refractivity contribution in [2.45, 2.75) is 45.6 Å². The van der Waals surface area contributed by atoms with E-state index in [-0.39, 0.29) is 23.2 Å². The van der Waals surface area contributed by atoms with Gasteiger partial charge >= 0.3 is 0 Å². The third kappa shape index (κ3) is 3.86. The number of aromatic nitrogens is 3. The molecule has 2 aliphatic rings. The smallest absolute Gasteiger partial charge is 0.276 e. The molecular weight excluding hydrogens is 452 g/mol. The predicted octanol–water partition coefficient (Wildman–Crippen LogP) is 3.97. The van der Waals surface area contributed by atoms with Gasteiger partial charge in [0.05, 0.1) is 22.4 Å². The molecule has 0 spiro atoms. The van der Waals surface area contributed by atoms with Gasteiger partial charge in [0.15, 0.2) is 5.69 Å². The lowest BCUT2D eigenvalue weighted by Gasteiger charge is -2.28. The summed E-state index contributed by atoms with van der Waals surface area (Å²) >= 11 is 0. The third-order valence-corrected chi connectivity index (χ3v) is 7.94. The quantitative estimate of drug-likeness (QED) is 0.406. The van der Waals surface area contributed by atoms with Gasteiger partial charge in [-0.05, 0) is 94.1 Å². The zero-order chi connectivity index (χ0) is 25.0. The molecule has 1 atom stereocenters. The molecule has 0 aliphatic carbocycles. The number of nitrogen functional groups attached to an aromatic ring is 1. The van der Waals surface area contributed by atoms with Crippen LogP contribution in [0.5, 0.6) is 0 Å². The average Bonchev–Trinajstić information content (AvgIpc) is 3.61. The number of benzene rings is 2. The summed E-state index contributed by atoms with van der Waals surface area (Å²) in [4.78, 5) is 41.8. The number of aromatic amines is 2. The van der Waals surface area contributed by atoms with Crippen molar-refractivity contribution in [1.82, 2.24) is 24.8 Å². The van der Waals surface area contributed by atoms with Gasteiger partial charge in [0.2, 0.25) is 0 Å². The van der Waals surface area contributed by atoms with E-state index in [2.05, 4.69) is 19.9 Å². The number of anilines is 1. The summed E-state index contributed by atoms with van der Waals surface area (Å²) in [6.07, 6.45) is 4.59. The number of hydrogen-bond acceptors (Lipinski definition) is 5. The zero-order valence-electron chi connectivity index (χ0n) is 20.9. The molecule has 1 amide bonds. The SMILES string of the molecule is Cc1cc2nc(-c3[nH]c4ccc(C(=O)N5CCC[C@@H]5CN5CCCC5)cc4c3N)c(=O)[nH]c2cc1C. The summed E-state index contributed by atoms with van der Waals surface area (Å²) in [6.45, 7) is 8.04. The van der Waals surface area contributed by atoms with Crippen LogP contribution in [0.3, 0.4) is 0 Å². The van der Waals surface area contributed by atoms with E-state index in [0.717, 1.165) is 61.1 Å². The lowest BCUT2D eigenvalue weighted by atomic mass is 10.1. The maximum Gasteiger partial charge on any atom is 0.276 e. The van der Waals surface area contributed by atoms with Gasteiger partial charge in [0.1, 0.15) is 0 Å². The fraction of sp³-hybridized carbons (Fsp3) is 0.393. The maximum atomic E-state index is 13.5. The van der Waals surface area contributed by atoms with Crippen LogP contribution in [0.4, 0.5) is 5.69 Å². The summed E-state index contributed by atoms with van der Waals surface area (Å²) < 4.78 is 0. The summed E-state index contributed by atoms with van der Waals surface area (Å²) in [7, 11) is 0. The van der Waals surface area contributed by atoms with E-state index in [1.54, 1.807) is 0 Å². The number of nitrogens with one attached hydrogen (secondary N) is 2. The van der Waals surface area contributed by atoms with Gasteiger partial charge in [-0.1, -0.05) is 0 Å². The molecule has 4 heterocycles. The highest BCUT2D eigenvalue weighted by Gasteiger charge is 2.31. The first-order valence-electron chi connectivity index (χ1n) is 12.9. The summed E-state index contributed by atoms with van der Waals surface area (Å²) in [6, 6.07) is 9.73. The molecule has 2 aliphatic heterocycles. The minimum absolute atomic E-state index is 0.0493. The maximum absolute atomic E-state index is 13.5. The van der Waals surface area contributed by atoms with Crippen LogP contribution in [-0.2, 0) is 0 Å². The van der Waals surface area contributed by atoms with Gasteiger partial charge in [0, 0.05) is 35.6 Å². The first kappa shape index (κ1) is 22.8. The van der Waals surface area contributed by atoms with E-state index < -0.39 is 0 Å². The highest BCUT2D eigenvalue weighted by molar-refractivity contribution is 6.05. The second-order valence-corrected chi connectivity index (χ2v) is 10.3. The minimum Gasteiger partial charge on any atom is -0.396 e. The monoisotopic (exact) mass is 484 g/mol. The molecule has 0 unspecified atom stereocenters. The van der Waals surface area contributed by atoms with E-state index in [0.29, 0.717) is 28.0 Å². The standard InChI is InChI=1S/C28H32N6O2/c1-16-12-22-23(13-17(16)2)32-27(35)26(31-22)25-24(29)20-14-18(7-8-21(20)30-25)28(36)34-11-5-6-19(34)15-33-9-3-4-10-33/h7-8,12-14,19,30H,3-6,9-11,15,29H2,1-2H3,(H,32,35)/t19-/m1/s1. The van der Waals surface area contributed by atoms with E-state index in [1.165, 1.54) is 12.8 Å². The van der Waals surface area contributed by atoms with Crippen LogP contribution in [0.2, 0.25) is 0 Å². The Hall–Kier alpha value is -3.65. The predicted molar refractivity (Wildman–Crippen MR) is 143 cm³/mol. The number of carbonyl (C=O) groups is 1. The fourth-order valence-electron chi connectivity index (χ4n) is 5.77. The van der Waals surface area contributed by atoms with Gasteiger partial charge in [0.25, 0.3) is 11.5 Å². The lowest BCUT2D eigenvalue weighted by Crippen LogP contribution is -2.42. The number of aryl methyl sites for hydroxylation is 2. The van der Waals surface area contributed by atoms with Crippen molar-refractivity contribution in [2.24, 2.45) is 0 Å². The molecule has 2 aromatic carbocycles. The van der Waals surface area contributed by atoms with E-state index in [4.69, 9.17) is 5.73 Å². The number of rotatable bonds is 4. The van der Waals surface area contributed by atoms with Crippen LogP contribution in [0.15, 0.2) is 35.1 Å². The Labute approximate surface area is 209 Å². The topological polar surface area (TPSA) is 111 Å². The second kappa shape index (κ2) is 8.78. The van der Waals surface area contributed by atoms with Crippen molar-refractivity contribution in [3.8, 4) is 11.4 Å². The molecule has 0 radical (unpaired) electrons. The summed E-state index contributed by atoms with van der Waals surface area (Å²) in [5.41, 5.74) is 12.4. The largest absolute Gasteiger partial charge is 0.396 e. The van der Waals surface area contributed by atoms with E-state index >= 15 is 0 Å². The Balaban J connectivity index is 1.34. The molecule has 186 valence electrons. The molecule has 8 nitrogen and oxygen atoms in total. The molecule has 8 heteroatoms. The molecule has 2 fully saturated rings. The number of fused-ring (bicyclic) bond motifs is 2. The molecule has 4 aromatic rings. The minimum atomic E-state index is -0.304. The Morgan fingerprint density at radius 3 is 2.61 bits per heavy atom. The fourth-order valence-corrected chi connectivity index (χ4v) is 5.77. The molecule has 0 saturated carbocycles. The highest BCUT2D eigenvalue weighted by Crippen LogP contribution is 2.32. The van der Waals surface area contributed by atoms with Crippen LogP contribution in [0, 0.1) is 13.8 Å². The van der Waals surface area contributed by atoms with E-state index in [1.807, 2.05) is 49.1 Å². The number of likely N-dealkylation sites (tertiary alicyclic amines) is 2. The van der Waals surface area contributed by atoms with Crippen LogP contribution in [0.25, 0.3) is 33.3 Å². The molecule has 2 saturated heterocycles. The molecular formula is C28H32N6O2. The first-order valence-corrected chi connectivity index (χ1v) is 12.9. The first-order chi connectivity index (χ1) is 17.4. The number of nitrogens with two attached hydrogens (primary N) is 1. The summed E-state index contributed by atoms with van der Waals surface area (Å²) in [5, 5.41) is 0.729. The Bertz CT molecular complexity index is 1550. The average molecular weight is 485 g/mol. The number of hydrogen-bond donors (Lipinski definition) is 3. The van der Waals surface area contributed by atoms with E-state index in [9.17, 15) is 9.59 Å². The van der Waals surface area contributed by atoms with Crippen molar-refractivity contribution in [2.75, 3.05) is 31.9 Å². The van der Waals surface area contributed by atoms with Crippen LogP contribution >= 0.6 is 0 Å². The molecule has 4 N–H and O–H groups in total. The Morgan fingerprint density at radius 1 is 1.03 bits per heavy atom. The molecule has 36 heavy (non-hydrogen) atoms. The molecule has 6 rings (SSSR count). The van der Waals surface area contributed by atoms with Crippen molar-refractivity contribution in [1.29, 1.82) is 0 Å². The van der Waals surface area contributed by atoms with Gasteiger partial charge in [-0.15, -0.1) is 0 Å². The lowest BCUT2D eigenvalue weighted by molar-refractivity contribution is 0.0709. The van der Waals surface area contributed by atoms with Gasteiger partial charge in [-0.2, -0.15) is 0 Å². The van der Waals surface area contributed by atoms with Crippen molar-refractivity contribution in [3.05, 3.63) is 57.4 Å². The normalized spacial score (nSPS) is 18.6. The summed E-state index contributed by atoms with van der Waals surface area (Å²) in [5.74, 6) is 0.0493. The number of nitrogens with zero attached hydrogens (tertiary/aromatic N) is 3. The Kier molecular flexibility index (Phi) is 5.56. The Morgan fingerprint density at radius 2 is 1.81 bits per heavy atom. The van der Waals surface area contributed by atoms with Crippen LogP contribution in [0.1, 0.15) is 47.2 Å². The van der Waals surface area contributed by atoms with Crippen molar-refractivity contribution < 1.29 is 4.79 Å². The second-order valence-electron chi connectivity index (χ2n) is 10.3. The van der Waals surface area contributed by atoms with Crippen LogP contribution in [-0.4, -0.2) is 62.9 Å². The zero-order valence-corrected chi connectivity index (χ0v) is 20.9. The van der Waals surface area contributed by atoms with Gasteiger partial charge in [-0.25, -0.2) is 4.98 Å². The van der Waals surface area contributed by atoms with Gasteiger partial charge < -0.3 is 25.5 Å². The number of carbonyl (C=O) groups excluding carboxylic acids is 1. The van der Waals surface area contributed by atoms with Crippen LogP contribution < -0.4 is 11.3 Å².